The maximum Gasteiger partial charge on any atom is 0.427 e. The minimum Gasteiger partial charge on any atom is -0.484 e. The summed E-state index contributed by atoms with van der Waals surface area (Å²) in [5, 5.41) is 2.13. The van der Waals surface area contributed by atoms with Gasteiger partial charge in [0, 0.05) is 5.69 Å². The molecule has 1 aliphatic heterocycles. The van der Waals surface area contributed by atoms with Crippen LogP contribution in [-0.2, 0) is 24.8 Å². The van der Waals surface area contributed by atoms with Crippen LogP contribution in [0.3, 0.4) is 0 Å². The van der Waals surface area contributed by atoms with Crippen LogP contribution in [0.15, 0.2) is 47.4 Å². The van der Waals surface area contributed by atoms with Gasteiger partial charge in [-0.2, -0.15) is 13.2 Å². The molecule has 3 rings (SSSR count). The van der Waals surface area contributed by atoms with E-state index in [2.05, 4.69) is 14.8 Å². The van der Waals surface area contributed by atoms with E-state index >= 15 is 0 Å². The number of anilines is 2. The Morgan fingerprint density at radius 2 is 1.62 bits per heavy atom. The number of hydrogen-bond donors (Lipinski definition) is 2. The Kier molecular flexibility index (Phi) is 7.91. The number of benzene rings is 2. The quantitative estimate of drug-likeness (QED) is 0.462. The maximum absolute atomic E-state index is 13.6. The van der Waals surface area contributed by atoms with Gasteiger partial charge in [0.25, 0.3) is 10.0 Å². The smallest absolute Gasteiger partial charge is 0.427 e. The van der Waals surface area contributed by atoms with Crippen LogP contribution < -0.4 is 19.1 Å². The summed E-state index contributed by atoms with van der Waals surface area (Å²) in [4.78, 5) is 11.9. The van der Waals surface area contributed by atoms with E-state index in [0.717, 1.165) is 40.9 Å². The van der Waals surface area contributed by atoms with Gasteiger partial charge in [0.2, 0.25) is 15.6 Å². The van der Waals surface area contributed by atoms with Crippen molar-refractivity contribution in [2.75, 3.05) is 22.4 Å². The van der Waals surface area contributed by atoms with E-state index in [0.29, 0.717) is 13.8 Å². The SMILES string of the molecule is CC(C)(NS(C)(=O)=O)[C@H]1CN(S(=O)(=O)c2ccc(F)cc2)c2cc(NC(=O)OC(C)(C)C(F)(F)F)ccc2O1. The molecule has 0 radical (unpaired) electrons. The number of fused-ring (bicyclic) bond motifs is 1. The van der Waals surface area contributed by atoms with Crippen LogP contribution in [0.25, 0.3) is 0 Å². The Bertz CT molecular complexity index is 1460. The van der Waals surface area contributed by atoms with Crippen molar-refractivity contribution in [2.24, 2.45) is 0 Å². The van der Waals surface area contributed by atoms with Crippen LogP contribution in [0.5, 0.6) is 5.75 Å². The van der Waals surface area contributed by atoms with Crippen molar-refractivity contribution >= 4 is 37.5 Å². The zero-order valence-corrected chi connectivity index (χ0v) is 23.1. The summed E-state index contributed by atoms with van der Waals surface area (Å²) in [6.45, 7) is 3.88. The Labute approximate surface area is 223 Å². The van der Waals surface area contributed by atoms with Crippen molar-refractivity contribution in [3.8, 4) is 5.75 Å². The van der Waals surface area contributed by atoms with E-state index in [9.17, 15) is 39.2 Å². The highest BCUT2D eigenvalue weighted by atomic mass is 32.2. The van der Waals surface area contributed by atoms with Gasteiger partial charge in [-0.25, -0.2) is 30.7 Å². The first kappa shape index (κ1) is 30.4. The topological polar surface area (TPSA) is 131 Å². The van der Waals surface area contributed by atoms with Gasteiger partial charge in [0.1, 0.15) is 17.7 Å². The number of carbonyl (C=O) groups is 1. The second kappa shape index (κ2) is 10.1. The minimum atomic E-state index is -4.85. The zero-order chi connectivity index (χ0) is 29.6. The molecule has 1 amide bonds. The van der Waals surface area contributed by atoms with Gasteiger partial charge in [-0.05, 0) is 70.2 Å². The molecule has 1 atom stereocenters. The first-order valence-corrected chi connectivity index (χ1v) is 14.6. The van der Waals surface area contributed by atoms with Gasteiger partial charge in [-0.3, -0.25) is 9.62 Å². The molecule has 10 nitrogen and oxygen atoms in total. The fourth-order valence-corrected chi connectivity index (χ4v) is 6.20. The summed E-state index contributed by atoms with van der Waals surface area (Å²) >= 11 is 0. The number of rotatable bonds is 7. The molecule has 0 unspecified atom stereocenters. The highest BCUT2D eigenvalue weighted by Crippen LogP contribution is 2.41. The lowest BCUT2D eigenvalue weighted by Gasteiger charge is -2.42. The summed E-state index contributed by atoms with van der Waals surface area (Å²) in [5.41, 5.74) is -4.35. The highest BCUT2D eigenvalue weighted by molar-refractivity contribution is 7.92. The predicted octanol–water partition coefficient (Wildman–Crippen LogP) is 4.00. The molecule has 2 aromatic rings. The number of sulfonamides is 2. The van der Waals surface area contributed by atoms with E-state index < -0.39 is 61.9 Å². The van der Waals surface area contributed by atoms with Crippen molar-refractivity contribution in [1.29, 1.82) is 0 Å². The molecule has 0 saturated carbocycles. The van der Waals surface area contributed by atoms with Crippen molar-refractivity contribution in [3.63, 3.8) is 0 Å². The molecule has 0 aromatic heterocycles. The van der Waals surface area contributed by atoms with Gasteiger partial charge < -0.3 is 9.47 Å². The molecule has 0 saturated heterocycles. The monoisotopic (exact) mass is 597 g/mol. The molecule has 2 N–H and O–H groups in total. The summed E-state index contributed by atoms with van der Waals surface area (Å²) in [6.07, 6.45) is -6.43. The average Bonchev–Trinajstić information content (AvgIpc) is 2.75. The Morgan fingerprint density at radius 3 is 2.15 bits per heavy atom. The number of alkyl halides is 3. The molecule has 0 aliphatic carbocycles. The second-order valence-electron chi connectivity index (χ2n) is 9.90. The number of halogens is 4. The first-order valence-electron chi connectivity index (χ1n) is 11.3. The average molecular weight is 598 g/mol. The van der Waals surface area contributed by atoms with E-state index in [1.807, 2.05) is 0 Å². The van der Waals surface area contributed by atoms with Gasteiger partial charge in [0.05, 0.1) is 28.9 Å². The predicted molar refractivity (Wildman–Crippen MR) is 134 cm³/mol. The Balaban J connectivity index is 2.04. The highest BCUT2D eigenvalue weighted by Gasteiger charge is 2.51. The fraction of sp³-hybridized carbons (Fsp3) is 0.435. The molecule has 1 aliphatic rings. The third-order valence-electron chi connectivity index (χ3n) is 5.76. The van der Waals surface area contributed by atoms with Gasteiger partial charge in [-0.15, -0.1) is 0 Å². The summed E-state index contributed by atoms with van der Waals surface area (Å²) in [5.74, 6) is -0.714. The number of hydrogen-bond acceptors (Lipinski definition) is 7. The van der Waals surface area contributed by atoms with Crippen LogP contribution in [-0.4, -0.2) is 59.1 Å². The molecule has 1 heterocycles. The van der Waals surface area contributed by atoms with Crippen LogP contribution >= 0.6 is 0 Å². The molecular weight excluding hydrogens is 570 g/mol. The lowest BCUT2D eigenvalue weighted by Crippen LogP contribution is -2.60. The number of amides is 1. The van der Waals surface area contributed by atoms with Crippen molar-refractivity contribution in [3.05, 3.63) is 48.3 Å². The van der Waals surface area contributed by atoms with Gasteiger partial charge >= 0.3 is 12.3 Å². The van der Waals surface area contributed by atoms with Crippen LogP contribution in [0.4, 0.5) is 33.7 Å². The lowest BCUT2D eigenvalue weighted by molar-refractivity contribution is -0.242. The van der Waals surface area contributed by atoms with Gasteiger partial charge in [-0.1, -0.05) is 0 Å². The molecule has 39 heavy (non-hydrogen) atoms. The Morgan fingerprint density at radius 1 is 1.03 bits per heavy atom. The van der Waals surface area contributed by atoms with Crippen LogP contribution in [0, 0.1) is 5.82 Å². The third-order valence-corrected chi connectivity index (χ3v) is 8.45. The standard InChI is InChI=1S/C23H27F4N3O7S2/c1-21(2,29-38(5,32)33)19-13-30(39(34,35)16-9-6-14(24)7-10-16)17-12-15(8-11-18(17)36-19)28-20(31)37-22(3,4)23(25,26)27/h6-12,19,29H,13H2,1-5H3,(H,28,31)/t19-/m1/s1. The molecular formula is C23H27F4N3O7S2. The lowest BCUT2D eigenvalue weighted by atomic mass is 9.97. The first-order chi connectivity index (χ1) is 17.6. The second-order valence-corrected chi connectivity index (χ2v) is 13.5. The fourth-order valence-electron chi connectivity index (χ4n) is 3.64. The van der Waals surface area contributed by atoms with Crippen molar-refractivity contribution < 1.29 is 48.7 Å². The molecule has 0 fully saturated rings. The van der Waals surface area contributed by atoms with Gasteiger partial charge in [0.15, 0.2) is 0 Å². The number of nitrogens with one attached hydrogen (secondary N) is 2. The summed E-state index contributed by atoms with van der Waals surface area (Å²) in [6, 6.07) is 7.60. The largest absolute Gasteiger partial charge is 0.484 e. The van der Waals surface area contributed by atoms with E-state index in [1.54, 1.807) is 0 Å². The van der Waals surface area contributed by atoms with Crippen LogP contribution in [0.1, 0.15) is 27.7 Å². The van der Waals surface area contributed by atoms with E-state index in [-0.39, 0.29) is 22.0 Å². The number of ether oxygens (including phenoxy) is 2. The summed E-state index contributed by atoms with van der Waals surface area (Å²) < 4.78 is 118. The molecule has 0 spiro atoms. The normalized spacial score (nSPS) is 16.7. The van der Waals surface area contributed by atoms with Crippen molar-refractivity contribution in [1.82, 2.24) is 4.72 Å². The van der Waals surface area contributed by atoms with E-state index in [1.165, 1.54) is 26.0 Å². The molecule has 2 aromatic carbocycles. The third kappa shape index (κ3) is 6.91. The number of carbonyl (C=O) groups excluding carboxylic acids is 1. The zero-order valence-electron chi connectivity index (χ0n) is 21.5. The summed E-state index contributed by atoms with van der Waals surface area (Å²) in [7, 11) is -8.15. The minimum absolute atomic E-state index is 0.0325. The van der Waals surface area contributed by atoms with Crippen LogP contribution in [0.2, 0.25) is 0 Å². The Hall–Kier alpha value is -3.11. The molecule has 0 bridgehead atoms. The number of nitrogens with zero attached hydrogens (tertiary/aromatic N) is 1. The van der Waals surface area contributed by atoms with Crippen molar-refractivity contribution in [2.45, 2.75) is 56.0 Å². The molecule has 216 valence electrons. The maximum atomic E-state index is 13.6. The molecule has 16 heteroatoms. The van der Waals surface area contributed by atoms with E-state index in [4.69, 9.17) is 4.74 Å².